The van der Waals surface area contributed by atoms with E-state index in [1.165, 1.54) is 0 Å². The van der Waals surface area contributed by atoms with Crippen molar-refractivity contribution in [3.8, 4) is 11.6 Å². The van der Waals surface area contributed by atoms with Gasteiger partial charge >= 0.3 is 0 Å². The number of rotatable bonds is 5. The number of hydrogen-bond donors (Lipinski definition) is 0. The van der Waals surface area contributed by atoms with Gasteiger partial charge in [0.05, 0.1) is 30.8 Å². The molecule has 3 heterocycles. The zero-order valence-corrected chi connectivity index (χ0v) is 16.4. The van der Waals surface area contributed by atoms with Crippen LogP contribution in [-0.2, 0) is 18.3 Å². The third-order valence-electron chi connectivity index (χ3n) is 5.09. The summed E-state index contributed by atoms with van der Waals surface area (Å²) in [4.78, 5) is 9.39. The number of aromatic nitrogens is 2. The van der Waals surface area contributed by atoms with Crippen molar-refractivity contribution in [3.63, 3.8) is 0 Å². The molecule has 6 nitrogen and oxygen atoms in total. The molecule has 2 aromatic heterocycles. The average Bonchev–Trinajstić information content (AvgIpc) is 3.15. The van der Waals surface area contributed by atoms with Gasteiger partial charge in [0, 0.05) is 32.6 Å². The molecular formula is C21H28N4O2. The van der Waals surface area contributed by atoms with E-state index in [9.17, 15) is 0 Å². The predicted molar refractivity (Wildman–Crippen MR) is 107 cm³/mol. The highest BCUT2D eigenvalue weighted by Crippen LogP contribution is 2.26. The minimum Gasteiger partial charge on any atom is -0.456 e. The molecule has 1 atom stereocenters. The molecule has 1 aromatic carbocycles. The molecule has 144 valence electrons. The number of ether oxygens (including phenoxy) is 1. The highest BCUT2D eigenvalue weighted by atomic mass is 16.5. The smallest absolute Gasteiger partial charge is 0.176 e. The summed E-state index contributed by atoms with van der Waals surface area (Å²) in [6.45, 7) is 5.42. The Morgan fingerprint density at radius 1 is 1.19 bits per heavy atom. The lowest BCUT2D eigenvalue weighted by molar-refractivity contribution is 0.112. The van der Waals surface area contributed by atoms with Gasteiger partial charge in [-0.3, -0.25) is 4.90 Å². The molecule has 3 aromatic rings. The zero-order valence-electron chi connectivity index (χ0n) is 16.4. The van der Waals surface area contributed by atoms with Crippen molar-refractivity contribution in [1.29, 1.82) is 0 Å². The molecule has 1 unspecified atom stereocenters. The predicted octanol–water partition coefficient (Wildman–Crippen LogP) is 2.84. The van der Waals surface area contributed by atoms with E-state index in [0.29, 0.717) is 5.92 Å². The Kier molecular flexibility index (Phi) is 5.29. The summed E-state index contributed by atoms with van der Waals surface area (Å²) in [5.74, 6) is 3.19. The highest BCUT2D eigenvalue weighted by Gasteiger charge is 2.21. The molecule has 4 rings (SSSR count). The third kappa shape index (κ3) is 4.08. The fourth-order valence-corrected chi connectivity index (χ4v) is 3.89. The largest absolute Gasteiger partial charge is 0.456 e. The second-order valence-electron chi connectivity index (χ2n) is 7.69. The van der Waals surface area contributed by atoms with Gasteiger partial charge in [-0.25, -0.2) is 4.98 Å². The van der Waals surface area contributed by atoms with Crippen LogP contribution in [0.4, 0.5) is 0 Å². The second kappa shape index (κ2) is 7.84. The average molecular weight is 368 g/mol. The summed E-state index contributed by atoms with van der Waals surface area (Å²) < 4.78 is 14.0. The summed E-state index contributed by atoms with van der Waals surface area (Å²) in [5, 5.41) is 0. The first-order chi connectivity index (χ1) is 13.1. The van der Waals surface area contributed by atoms with Gasteiger partial charge in [-0.05, 0) is 38.4 Å². The van der Waals surface area contributed by atoms with E-state index in [2.05, 4.69) is 40.6 Å². The van der Waals surface area contributed by atoms with Crippen LogP contribution >= 0.6 is 0 Å². The number of hydrogen-bond acceptors (Lipinski definition) is 5. The maximum atomic E-state index is 6.16. The lowest BCUT2D eigenvalue weighted by Crippen LogP contribution is -2.34. The number of benzene rings is 1. The van der Waals surface area contributed by atoms with Crippen LogP contribution in [0.3, 0.4) is 0 Å². The van der Waals surface area contributed by atoms with Crippen molar-refractivity contribution in [2.24, 2.45) is 13.0 Å². The van der Waals surface area contributed by atoms with E-state index in [1.54, 1.807) is 0 Å². The Hall–Kier alpha value is -2.15. The summed E-state index contributed by atoms with van der Waals surface area (Å²) >= 11 is 0. The zero-order chi connectivity index (χ0) is 18.8. The van der Waals surface area contributed by atoms with Crippen molar-refractivity contribution in [3.05, 3.63) is 42.2 Å². The summed E-state index contributed by atoms with van der Waals surface area (Å²) in [7, 11) is 6.26. The molecule has 0 radical (unpaired) electrons. The molecule has 6 heteroatoms. The minimum atomic E-state index is 0.525. The first-order valence-corrected chi connectivity index (χ1v) is 9.55. The lowest BCUT2D eigenvalue weighted by Gasteiger charge is -2.24. The van der Waals surface area contributed by atoms with Crippen LogP contribution in [0.1, 0.15) is 5.76 Å². The Balaban J connectivity index is 1.49. The highest BCUT2D eigenvalue weighted by molar-refractivity contribution is 5.79. The van der Waals surface area contributed by atoms with Gasteiger partial charge in [0.25, 0.3) is 0 Å². The van der Waals surface area contributed by atoms with Crippen LogP contribution in [-0.4, -0.2) is 66.3 Å². The van der Waals surface area contributed by atoms with Crippen molar-refractivity contribution < 1.29 is 9.15 Å². The van der Waals surface area contributed by atoms with E-state index in [0.717, 1.165) is 67.8 Å². The Labute approximate surface area is 160 Å². The quantitative estimate of drug-likeness (QED) is 0.693. The van der Waals surface area contributed by atoms with Gasteiger partial charge in [0.2, 0.25) is 0 Å². The van der Waals surface area contributed by atoms with Gasteiger partial charge in [-0.1, -0.05) is 12.1 Å². The van der Waals surface area contributed by atoms with E-state index in [-0.39, 0.29) is 0 Å². The Bertz CT molecular complexity index is 899. The van der Waals surface area contributed by atoms with E-state index in [4.69, 9.17) is 14.1 Å². The van der Waals surface area contributed by atoms with Crippen molar-refractivity contribution >= 4 is 11.0 Å². The van der Waals surface area contributed by atoms with Crippen LogP contribution in [0.5, 0.6) is 0 Å². The van der Waals surface area contributed by atoms with Crippen LogP contribution < -0.4 is 0 Å². The number of aryl methyl sites for hydroxylation is 1. The molecule has 0 N–H and O–H groups in total. The fourth-order valence-electron chi connectivity index (χ4n) is 3.89. The molecule has 1 fully saturated rings. The van der Waals surface area contributed by atoms with Gasteiger partial charge in [-0.15, -0.1) is 0 Å². The standard InChI is InChI=1S/C21H28N4O2/c1-23(2)12-16-13-25(10-11-26-15-16)14-17-8-9-20(27-17)21-22-18-6-4-5-7-19(18)24(21)3/h4-9,16H,10-15H2,1-3H3. The summed E-state index contributed by atoms with van der Waals surface area (Å²) in [6.07, 6.45) is 0. The molecule has 0 spiro atoms. The molecule has 1 aliphatic heterocycles. The number of fused-ring (bicyclic) bond motifs is 1. The van der Waals surface area contributed by atoms with Gasteiger partial charge < -0.3 is 18.6 Å². The third-order valence-corrected chi connectivity index (χ3v) is 5.09. The Morgan fingerprint density at radius 3 is 2.85 bits per heavy atom. The van der Waals surface area contributed by atoms with Gasteiger partial charge in [0.15, 0.2) is 11.6 Å². The molecule has 27 heavy (non-hydrogen) atoms. The van der Waals surface area contributed by atoms with Crippen molar-refractivity contribution in [1.82, 2.24) is 19.4 Å². The topological polar surface area (TPSA) is 46.7 Å². The first kappa shape index (κ1) is 18.2. The number of imidazole rings is 1. The lowest BCUT2D eigenvalue weighted by atomic mass is 10.1. The van der Waals surface area contributed by atoms with Crippen molar-refractivity contribution in [2.45, 2.75) is 6.54 Å². The van der Waals surface area contributed by atoms with Crippen LogP contribution in [0.25, 0.3) is 22.6 Å². The van der Waals surface area contributed by atoms with E-state index in [1.807, 2.05) is 31.3 Å². The van der Waals surface area contributed by atoms with E-state index < -0.39 is 0 Å². The maximum absolute atomic E-state index is 6.16. The van der Waals surface area contributed by atoms with E-state index >= 15 is 0 Å². The number of nitrogens with zero attached hydrogens (tertiary/aromatic N) is 4. The van der Waals surface area contributed by atoms with Gasteiger partial charge in [0.1, 0.15) is 5.76 Å². The monoisotopic (exact) mass is 368 g/mol. The number of para-hydroxylation sites is 2. The molecule has 1 saturated heterocycles. The maximum Gasteiger partial charge on any atom is 0.176 e. The molecular weight excluding hydrogens is 340 g/mol. The van der Waals surface area contributed by atoms with Crippen LogP contribution in [0.2, 0.25) is 0 Å². The fraction of sp³-hybridized carbons (Fsp3) is 0.476. The molecule has 1 aliphatic rings. The Morgan fingerprint density at radius 2 is 2.04 bits per heavy atom. The molecule has 0 aliphatic carbocycles. The number of furan rings is 1. The normalized spacial score (nSPS) is 19.0. The molecule has 0 amide bonds. The van der Waals surface area contributed by atoms with Gasteiger partial charge in [-0.2, -0.15) is 0 Å². The minimum absolute atomic E-state index is 0.525. The summed E-state index contributed by atoms with van der Waals surface area (Å²) in [5.41, 5.74) is 2.10. The second-order valence-corrected chi connectivity index (χ2v) is 7.69. The molecule has 0 saturated carbocycles. The summed E-state index contributed by atoms with van der Waals surface area (Å²) in [6, 6.07) is 12.3. The van der Waals surface area contributed by atoms with Crippen molar-refractivity contribution in [2.75, 3.05) is 46.9 Å². The first-order valence-electron chi connectivity index (χ1n) is 9.55. The van der Waals surface area contributed by atoms with Crippen LogP contribution in [0, 0.1) is 5.92 Å². The molecule has 0 bridgehead atoms. The van der Waals surface area contributed by atoms with Crippen LogP contribution in [0.15, 0.2) is 40.8 Å². The SMILES string of the molecule is CN(C)CC1COCCN(Cc2ccc(-c3nc4ccccc4n3C)o2)C1.